The van der Waals surface area contributed by atoms with E-state index in [0.29, 0.717) is 6.42 Å². The van der Waals surface area contributed by atoms with E-state index in [1.54, 1.807) is 0 Å². The van der Waals surface area contributed by atoms with Gasteiger partial charge in [-0.05, 0) is 18.7 Å². The molecule has 0 aliphatic carbocycles. The molecule has 0 saturated heterocycles. The molecule has 68 valence electrons. The molecule has 0 unspecified atom stereocenters. The molecule has 0 spiro atoms. The van der Waals surface area contributed by atoms with Gasteiger partial charge in [-0.1, -0.05) is 30.3 Å². The second-order valence-electron chi connectivity index (χ2n) is 2.79. The zero-order chi connectivity index (χ0) is 9.68. The average molecular weight is 176 g/mol. The van der Waals surface area contributed by atoms with Gasteiger partial charge in [0.2, 0.25) is 0 Å². The van der Waals surface area contributed by atoms with Crippen LogP contribution in [0.15, 0.2) is 35.3 Å². The van der Waals surface area contributed by atoms with Gasteiger partial charge < -0.3 is 5.73 Å². The summed E-state index contributed by atoms with van der Waals surface area (Å²) in [5.41, 5.74) is 6.61. The molecule has 13 heavy (non-hydrogen) atoms. The van der Waals surface area contributed by atoms with Gasteiger partial charge in [-0.15, -0.1) is 0 Å². The summed E-state index contributed by atoms with van der Waals surface area (Å²) in [7, 11) is 0. The van der Waals surface area contributed by atoms with Crippen LogP contribution in [0, 0.1) is 0 Å². The van der Waals surface area contributed by atoms with Crippen LogP contribution in [0.2, 0.25) is 0 Å². The molecule has 1 aromatic carbocycles. The number of benzene rings is 1. The van der Waals surface area contributed by atoms with E-state index in [0.717, 1.165) is 5.56 Å². The summed E-state index contributed by atoms with van der Waals surface area (Å²) in [4.78, 5) is 14.2. The Morgan fingerprint density at radius 1 is 1.46 bits per heavy atom. The van der Waals surface area contributed by atoms with Crippen molar-refractivity contribution in [3.63, 3.8) is 0 Å². The third-order valence-corrected chi connectivity index (χ3v) is 1.77. The van der Waals surface area contributed by atoms with Crippen LogP contribution in [-0.4, -0.2) is 18.7 Å². The van der Waals surface area contributed by atoms with Gasteiger partial charge in [0.05, 0.1) is 6.04 Å². The first-order valence-electron chi connectivity index (χ1n) is 4.04. The smallest absolute Gasteiger partial charge is 0.262 e. The zero-order valence-electron chi connectivity index (χ0n) is 7.31. The van der Waals surface area contributed by atoms with Crippen molar-refractivity contribution in [1.29, 1.82) is 0 Å². The Bertz CT molecular complexity index is 295. The molecule has 0 aliphatic rings. The predicted octanol–water partition coefficient (Wildman–Crippen LogP) is 0.784. The molecule has 0 radical (unpaired) electrons. The molecule has 0 saturated carbocycles. The van der Waals surface area contributed by atoms with Crippen molar-refractivity contribution < 1.29 is 4.79 Å². The van der Waals surface area contributed by atoms with Gasteiger partial charge in [-0.2, -0.15) is 0 Å². The molecule has 0 aliphatic heterocycles. The summed E-state index contributed by atoms with van der Waals surface area (Å²) < 4.78 is 0. The second kappa shape index (κ2) is 4.52. The van der Waals surface area contributed by atoms with Gasteiger partial charge >= 0.3 is 0 Å². The molecule has 0 aromatic heterocycles. The van der Waals surface area contributed by atoms with Crippen LogP contribution in [0.3, 0.4) is 0 Å². The summed E-state index contributed by atoms with van der Waals surface area (Å²) in [5.74, 6) is -0.358. The summed E-state index contributed by atoms with van der Waals surface area (Å²) in [6.45, 7) is 3.14. The van der Waals surface area contributed by atoms with Crippen molar-refractivity contribution in [2.45, 2.75) is 12.5 Å². The summed E-state index contributed by atoms with van der Waals surface area (Å²) in [6.07, 6.45) is 0.513. The maximum Gasteiger partial charge on any atom is 0.262 e. The van der Waals surface area contributed by atoms with Crippen molar-refractivity contribution in [2.24, 2.45) is 10.7 Å². The summed E-state index contributed by atoms with van der Waals surface area (Å²) >= 11 is 0. The van der Waals surface area contributed by atoms with Gasteiger partial charge in [0.25, 0.3) is 5.91 Å². The van der Waals surface area contributed by atoms with Crippen LogP contribution < -0.4 is 5.73 Å². The molecule has 1 atom stereocenters. The predicted molar refractivity (Wildman–Crippen MR) is 52.7 cm³/mol. The highest BCUT2D eigenvalue weighted by atomic mass is 16.1. The first-order valence-corrected chi connectivity index (χ1v) is 4.04. The maximum absolute atomic E-state index is 11.0. The zero-order valence-corrected chi connectivity index (χ0v) is 7.31. The Morgan fingerprint density at radius 3 is 2.62 bits per heavy atom. The van der Waals surface area contributed by atoms with Gasteiger partial charge in [0, 0.05) is 0 Å². The number of aliphatic imine (C=N–C) groups is 1. The molecule has 1 rings (SSSR count). The number of hydrogen-bond donors (Lipinski definition) is 1. The highest BCUT2D eigenvalue weighted by Gasteiger charge is 2.11. The van der Waals surface area contributed by atoms with E-state index in [-0.39, 0.29) is 5.91 Å². The lowest BCUT2D eigenvalue weighted by molar-refractivity contribution is -0.118. The summed E-state index contributed by atoms with van der Waals surface area (Å²) in [6, 6.07) is 9.02. The molecule has 1 amide bonds. The minimum absolute atomic E-state index is 0.358. The third kappa shape index (κ3) is 2.80. The maximum atomic E-state index is 11.0. The van der Waals surface area contributed by atoms with Gasteiger partial charge in [0.15, 0.2) is 0 Å². The topological polar surface area (TPSA) is 55.5 Å². The van der Waals surface area contributed by atoms with Crippen LogP contribution in [0.25, 0.3) is 0 Å². The molecule has 3 heteroatoms. The monoisotopic (exact) mass is 176 g/mol. The number of carbonyl (C=O) groups is 1. The fourth-order valence-electron chi connectivity index (χ4n) is 1.07. The molecule has 0 fully saturated rings. The first-order chi connectivity index (χ1) is 6.24. The number of nitrogens with two attached hydrogens (primary N) is 1. The van der Waals surface area contributed by atoms with E-state index in [2.05, 4.69) is 11.7 Å². The fraction of sp³-hybridized carbons (Fsp3) is 0.200. The lowest BCUT2D eigenvalue weighted by atomic mass is 10.1. The van der Waals surface area contributed by atoms with E-state index < -0.39 is 6.04 Å². The Balaban J connectivity index is 2.60. The average Bonchev–Trinajstić information content (AvgIpc) is 2.18. The van der Waals surface area contributed by atoms with E-state index in [4.69, 9.17) is 5.73 Å². The largest absolute Gasteiger partial charge is 0.320 e. The number of amides is 1. The van der Waals surface area contributed by atoms with Gasteiger partial charge in [-0.3, -0.25) is 4.79 Å². The lowest BCUT2D eigenvalue weighted by Crippen LogP contribution is -2.31. The van der Waals surface area contributed by atoms with E-state index in [9.17, 15) is 4.79 Å². The van der Waals surface area contributed by atoms with Crippen LogP contribution in [0.1, 0.15) is 5.56 Å². The SMILES string of the molecule is C=NC(=O)[C@@H](N)Cc1ccccc1. The highest BCUT2D eigenvalue weighted by Crippen LogP contribution is 2.02. The van der Waals surface area contributed by atoms with Crippen LogP contribution >= 0.6 is 0 Å². The van der Waals surface area contributed by atoms with Crippen LogP contribution in [-0.2, 0) is 11.2 Å². The van der Waals surface area contributed by atoms with Crippen molar-refractivity contribution in [1.82, 2.24) is 0 Å². The molecule has 0 bridgehead atoms. The third-order valence-electron chi connectivity index (χ3n) is 1.77. The highest BCUT2D eigenvalue weighted by molar-refractivity contribution is 5.85. The fourth-order valence-corrected chi connectivity index (χ4v) is 1.07. The quantitative estimate of drug-likeness (QED) is 0.692. The number of nitrogens with zero attached hydrogens (tertiary/aromatic N) is 1. The number of hydrogen-bond acceptors (Lipinski definition) is 2. The van der Waals surface area contributed by atoms with Crippen molar-refractivity contribution in [2.75, 3.05) is 0 Å². The second-order valence-corrected chi connectivity index (χ2v) is 2.79. The standard InChI is InChI=1S/C10H12N2O/c1-12-10(13)9(11)7-8-5-3-2-4-6-8/h2-6,9H,1,7,11H2/t9-/m0/s1. The van der Waals surface area contributed by atoms with Gasteiger partial charge in [-0.25, -0.2) is 4.99 Å². The number of carbonyl (C=O) groups excluding carboxylic acids is 1. The summed E-state index contributed by atoms with van der Waals surface area (Å²) in [5, 5.41) is 0. The van der Waals surface area contributed by atoms with E-state index >= 15 is 0 Å². The molecule has 2 N–H and O–H groups in total. The Labute approximate surface area is 77.3 Å². The van der Waals surface area contributed by atoms with E-state index in [1.165, 1.54) is 0 Å². The Hall–Kier alpha value is -1.48. The molecule has 3 nitrogen and oxygen atoms in total. The van der Waals surface area contributed by atoms with Crippen molar-refractivity contribution in [3.8, 4) is 0 Å². The van der Waals surface area contributed by atoms with Crippen LogP contribution in [0.4, 0.5) is 0 Å². The van der Waals surface area contributed by atoms with E-state index in [1.807, 2.05) is 30.3 Å². The van der Waals surface area contributed by atoms with Gasteiger partial charge in [0.1, 0.15) is 0 Å². The minimum Gasteiger partial charge on any atom is -0.320 e. The molecular weight excluding hydrogens is 164 g/mol. The molecule has 0 heterocycles. The first kappa shape index (κ1) is 9.61. The van der Waals surface area contributed by atoms with Crippen molar-refractivity contribution in [3.05, 3.63) is 35.9 Å². The van der Waals surface area contributed by atoms with Crippen molar-refractivity contribution >= 4 is 12.6 Å². The number of rotatable bonds is 3. The Kier molecular flexibility index (Phi) is 3.34. The normalized spacial score (nSPS) is 12.1. The minimum atomic E-state index is -0.570. The molecule has 1 aromatic rings. The van der Waals surface area contributed by atoms with Crippen LogP contribution in [0.5, 0.6) is 0 Å². The Morgan fingerprint density at radius 2 is 2.08 bits per heavy atom. The lowest BCUT2D eigenvalue weighted by Gasteiger charge is -2.06. The molecular formula is C10H12N2O.